The second kappa shape index (κ2) is 7.59. The van der Waals surface area contributed by atoms with E-state index in [1.807, 2.05) is 18.2 Å². The second-order valence-electron chi connectivity index (χ2n) is 5.15. The van der Waals surface area contributed by atoms with E-state index in [0.29, 0.717) is 0 Å². The van der Waals surface area contributed by atoms with Crippen molar-refractivity contribution >= 4 is 35.3 Å². The number of thiophene rings is 1. The van der Waals surface area contributed by atoms with Crippen LogP contribution in [0.2, 0.25) is 0 Å². The Morgan fingerprint density at radius 2 is 2.05 bits per heavy atom. The summed E-state index contributed by atoms with van der Waals surface area (Å²) in [5.41, 5.74) is 2.09. The van der Waals surface area contributed by atoms with Crippen LogP contribution in [0, 0.1) is 5.92 Å². The van der Waals surface area contributed by atoms with Gasteiger partial charge in [-0.25, -0.2) is 0 Å². The smallest absolute Gasteiger partial charge is 0.227 e. The standard InChI is InChI=1S/C16H18N2OS.ClH/c19-16(13-6-7-13)18-14-4-1-3-12(9-14)10-17-11-15-5-2-8-20-15;/h1-5,8-9,13,17H,6-7,10-11H2,(H,18,19);1H. The molecule has 3 rings (SSSR count). The van der Waals surface area contributed by atoms with Gasteiger partial charge in [0, 0.05) is 29.6 Å². The minimum atomic E-state index is 0. The maximum atomic E-state index is 11.7. The summed E-state index contributed by atoms with van der Waals surface area (Å²) in [7, 11) is 0. The third kappa shape index (κ3) is 4.84. The number of rotatable bonds is 6. The largest absolute Gasteiger partial charge is 0.326 e. The van der Waals surface area contributed by atoms with Gasteiger partial charge in [-0.1, -0.05) is 18.2 Å². The first-order chi connectivity index (χ1) is 9.81. The van der Waals surface area contributed by atoms with Crippen LogP contribution in [0.25, 0.3) is 0 Å². The SMILES string of the molecule is Cl.O=C(Nc1cccc(CNCc2cccs2)c1)C1CC1. The number of halogens is 1. The average Bonchev–Trinajstić information content (AvgIpc) is 3.18. The summed E-state index contributed by atoms with van der Waals surface area (Å²) in [6, 6.07) is 12.3. The van der Waals surface area contributed by atoms with Gasteiger partial charge in [-0.15, -0.1) is 23.7 Å². The van der Waals surface area contributed by atoms with Gasteiger partial charge in [0.05, 0.1) is 0 Å². The van der Waals surface area contributed by atoms with E-state index in [1.165, 1.54) is 10.4 Å². The highest BCUT2D eigenvalue weighted by atomic mass is 35.5. The van der Waals surface area contributed by atoms with Crippen LogP contribution in [-0.4, -0.2) is 5.91 Å². The predicted molar refractivity (Wildman–Crippen MR) is 89.9 cm³/mol. The minimum absolute atomic E-state index is 0. The Labute approximate surface area is 135 Å². The van der Waals surface area contributed by atoms with Crippen molar-refractivity contribution in [3.63, 3.8) is 0 Å². The lowest BCUT2D eigenvalue weighted by Gasteiger charge is -2.08. The normalized spacial score (nSPS) is 13.5. The maximum absolute atomic E-state index is 11.7. The van der Waals surface area contributed by atoms with Gasteiger partial charge in [0.2, 0.25) is 5.91 Å². The van der Waals surface area contributed by atoms with Crippen molar-refractivity contribution in [2.24, 2.45) is 5.92 Å². The van der Waals surface area contributed by atoms with Crippen molar-refractivity contribution in [2.75, 3.05) is 5.32 Å². The summed E-state index contributed by atoms with van der Waals surface area (Å²) in [5.74, 6) is 0.407. The van der Waals surface area contributed by atoms with Gasteiger partial charge < -0.3 is 10.6 Å². The zero-order valence-electron chi connectivity index (χ0n) is 11.7. The van der Waals surface area contributed by atoms with Gasteiger partial charge in [-0.3, -0.25) is 4.79 Å². The first-order valence-electron chi connectivity index (χ1n) is 6.94. The molecule has 0 aliphatic heterocycles. The van der Waals surface area contributed by atoms with E-state index >= 15 is 0 Å². The average molecular weight is 323 g/mol. The van der Waals surface area contributed by atoms with E-state index < -0.39 is 0 Å². The first-order valence-corrected chi connectivity index (χ1v) is 7.82. The van der Waals surface area contributed by atoms with Crippen LogP contribution in [0.5, 0.6) is 0 Å². The molecule has 1 aliphatic carbocycles. The summed E-state index contributed by atoms with van der Waals surface area (Å²) in [6.45, 7) is 1.70. The molecular formula is C16H19ClN2OS. The molecule has 1 heterocycles. The summed E-state index contributed by atoms with van der Waals surface area (Å²) in [5, 5.41) is 8.49. The van der Waals surface area contributed by atoms with Crippen LogP contribution < -0.4 is 10.6 Å². The number of hydrogen-bond acceptors (Lipinski definition) is 3. The molecule has 0 spiro atoms. The third-order valence-electron chi connectivity index (χ3n) is 3.35. The van der Waals surface area contributed by atoms with Crippen molar-refractivity contribution in [3.8, 4) is 0 Å². The maximum Gasteiger partial charge on any atom is 0.227 e. The molecule has 0 radical (unpaired) electrons. The molecule has 2 N–H and O–H groups in total. The van der Waals surface area contributed by atoms with Gasteiger partial charge in [0.15, 0.2) is 0 Å². The molecule has 5 heteroatoms. The third-order valence-corrected chi connectivity index (χ3v) is 4.23. The highest BCUT2D eigenvalue weighted by molar-refractivity contribution is 7.09. The Morgan fingerprint density at radius 3 is 2.76 bits per heavy atom. The number of anilines is 1. The van der Waals surface area contributed by atoms with E-state index in [-0.39, 0.29) is 24.2 Å². The Bertz CT molecular complexity index is 582. The summed E-state index contributed by atoms with van der Waals surface area (Å²) in [6.07, 6.45) is 2.07. The molecule has 1 fully saturated rings. The lowest BCUT2D eigenvalue weighted by atomic mass is 10.2. The van der Waals surface area contributed by atoms with Crippen LogP contribution >= 0.6 is 23.7 Å². The molecule has 0 atom stereocenters. The zero-order valence-corrected chi connectivity index (χ0v) is 13.3. The second-order valence-corrected chi connectivity index (χ2v) is 6.18. The molecule has 1 aromatic carbocycles. The van der Waals surface area contributed by atoms with Crippen molar-refractivity contribution in [1.82, 2.24) is 5.32 Å². The van der Waals surface area contributed by atoms with Gasteiger partial charge in [-0.2, -0.15) is 0 Å². The number of nitrogens with one attached hydrogen (secondary N) is 2. The van der Waals surface area contributed by atoms with Crippen LogP contribution in [0.3, 0.4) is 0 Å². The molecule has 0 bridgehead atoms. The molecule has 1 aliphatic rings. The Kier molecular flexibility index (Phi) is 5.79. The number of carbonyl (C=O) groups excluding carboxylic acids is 1. The van der Waals surface area contributed by atoms with Gasteiger partial charge in [0.1, 0.15) is 0 Å². The summed E-state index contributed by atoms with van der Waals surface area (Å²) in [4.78, 5) is 13.1. The number of hydrogen-bond donors (Lipinski definition) is 2. The highest BCUT2D eigenvalue weighted by Crippen LogP contribution is 2.30. The molecule has 21 heavy (non-hydrogen) atoms. The molecule has 112 valence electrons. The summed E-state index contributed by atoms with van der Waals surface area (Å²) < 4.78 is 0. The number of amides is 1. The summed E-state index contributed by atoms with van der Waals surface area (Å²) >= 11 is 1.76. The van der Waals surface area contributed by atoms with E-state index in [4.69, 9.17) is 0 Å². The molecule has 1 amide bonds. The lowest BCUT2D eigenvalue weighted by molar-refractivity contribution is -0.117. The highest BCUT2D eigenvalue weighted by Gasteiger charge is 2.29. The van der Waals surface area contributed by atoms with Gasteiger partial charge in [-0.05, 0) is 42.0 Å². The predicted octanol–water partition coefficient (Wildman–Crippen LogP) is 3.81. The molecule has 0 saturated heterocycles. The van der Waals surface area contributed by atoms with Crippen LogP contribution in [0.1, 0.15) is 23.3 Å². The fourth-order valence-corrected chi connectivity index (χ4v) is 2.77. The lowest BCUT2D eigenvalue weighted by Crippen LogP contribution is -2.14. The van der Waals surface area contributed by atoms with E-state index in [0.717, 1.165) is 31.6 Å². The van der Waals surface area contributed by atoms with Gasteiger partial charge in [0.25, 0.3) is 0 Å². The van der Waals surface area contributed by atoms with Crippen LogP contribution in [0.4, 0.5) is 5.69 Å². The molecule has 1 aromatic heterocycles. The fourth-order valence-electron chi connectivity index (χ4n) is 2.09. The van der Waals surface area contributed by atoms with Crippen molar-refractivity contribution < 1.29 is 4.79 Å². The topological polar surface area (TPSA) is 41.1 Å². The Balaban J connectivity index is 0.00000161. The van der Waals surface area contributed by atoms with Crippen LogP contribution in [-0.2, 0) is 17.9 Å². The molecular weight excluding hydrogens is 304 g/mol. The van der Waals surface area contributed by atoms with Crippen LogP contribution in [0.15, 0.2) is 41.8 Å². The number of carbonyl (C=O) groups is 1. The van der Waals surface area contributed by atoms with E-state index in [9.17, 15) is 4.79 Å². The molecule has 1 saturated carbocycles. The van der Waals surface area contributed by atoms with Crippen molar-refractivity contribution in [2.45, 2.75) is 25.9 Å². The zero-order chi connectivity index (χ0) is 13.8. The van der Waals surface area contributed by atoms with E-state index in [1.54, 1.807) is 11.3 Å². The Hall–Kier alpha value is -1.36. The first kappa shape index (κ1) is 16.0. The molecule has 2 aromatic rings. The number of benzene rings is 1. The Morgan fingerprint density at radius 1 is 1.19 bits per heavy atom. The van der Waals surface area contributed by atoms with Crippen molar-refractivity contribution in [1.29, 1.82) is 0 Å². The monoisotopic (exact) mass is 322 g/mol. The van der Waals surface area contributed by atoms with Crippen molar-refractivity contribution in [3.05, 3.63) is 52.2 Å². The van der Waals surface area contributed by atoms with E-state index in [2.05, 4.69) is 34.2 Å². The molecule has 3 nitrogen and oxygen atoms in total. The quantitative estimate of drug-likeness (QED) is 0.849. The fraction of sp³-hybridized carbons (Fsp3) is 0.312. The van der Waals surface area contributed by atoms with Gasteiger partial charge >= 0.3 is 0 Å². The minimum Gasteiger partial charge on any atom is -0.326 e. The molecule has 0 unspecified atom stereocenters.